The molecule has 1 fully saturated rings. The van der Waals surface area contributed by atoms with Gasteiger partial charge < -0.3 is 19.7 Å². The quantitative estimate of drug-likeness (QED) is 0.739. The van der Waals surface area contributed by atoms with E-state index in [-0.39, 0.29) is 24.2 Å². The predicted molar refractivity (Wildman–Crippen MR) is 112 cm³/mol. The second-order valence-corrected chi connectivity index (χ2v) is 7.50. The molecule has 0 spiro atoms. The number of hydrogen-bond donors (Lipinski definition) is 1. The minimum atomic E-state index is -0.344. The van der Waals surface area contributed by atoms with Crippen LogP contribution in [0.3, 0.4) is 0 Å². The maximum absolute atomic E-state index is 12.7. The SMILES string of the molecule is COc1ccc(OCCN2CC(C(=O)Nc3ccccc3C(C)C)CC2=O)cc1. The van der Waals surface area contributed by atoms with Crippen LogP contribution in [0.4, 0.5) is 5.69 Å². The molecule has 0 radical (unpaired) electrons. The number of anilines is 1. The van der Waals surface area contributed by atoms with E-state index in [1.54, 1.807) is 12.0 Å². The fourth-order valence-electron chi connectivity index (χ4n) is 3.46. The number of methoxy groups -OCH3 is 1. The van der Waals surface area contributed by atoms with Crippen molar-refractivity contribution in [3.8, 4) is 11.5 Å². The molecule has 1 heterocycles. The first-order valence-corrected chi connectivity index (χ1v) is 9.92. The normalized spacial score (nSPS) is 16.2. The van der Waals surface area contributed by atoms with Crippen molar-refractivity contribution in [2.75, 3.05) is 32.1 Å². The number of hydrogen-bond acceptors (Lipinski definition) is 4. The molecule has 6 heteroatoms. The van der Waals surface area contributed by atoms with E-state index >= 15 is 0 Å². The number of benzene rings is 2. The van der Waals surface area contributed by atoms with Crippen molar-refractivity contribution in [3.05, 3.63) is 54.1 Å². The molecule has 0 saturated carbocycles. The van der Waals surface area contributed by atoms with Crippen molar-refractivity contribution in [1.82, 2.24) is 4.90 Å². The summed E-state index contributed by atoms with van der Waals surface area (Å²) in [6.07, 6.45) is 0.234. The average Bonchev–Trinajstić information content (AvgIpc) is 3.09. The van der Waals surface area contributed by atoms with Crippen molar-refractivity contribution < 1.29 is 19.1 Å². The summed E-state index contributed by atoms with van der Waals surface area (Å²) in [6, 6.07) is 15.1. The average molecular weight is 396 g/mol. The first kappa shape index (κ1) is 20.7. The van der Waals surface area contributed by atoms with Gasteiger partial charge in [-0.2, -0.15) is 0 Å². The Morgan fingerprint density at radius 1 is 1.14 bits per heavy atom. The standard InChI is InChI=1S/C23H28N2O4/c1-16(2)20-6-4-5-7-21(20)24-23(27)17-14-22(26)25(15-17)12-13-29-19-10-8-18(28-3)9-11-19/h4-11,16-17H,12-15H2,1-3H3,(H,24,27). The lowest BCUT2D eigenvalue weighted by Gasteiger charge is -2.18. The van der Waals surface area contributed by atoms with Crippen LogP contribution in [0.5, 0.6) is 11.5 Å². The zero-order valence-corrected chi connectivity index (χ0v) is 17.2. The van der Waals surface area contributed by atoms with Crippen LogP contribution in [-0.4, -0.2) is 43.5 Å². The number of nitrogens with zero attached hydrogens (tertiary/aromatic N) is 1. The first-order chi connectivity index (χ1) is 14.0. The summed E-state index contributed by atoms with van der Waals surface area (Å²) in [5.74, 6) is 1.33. The Hall–Kier alpha value is -3.02. The van der Waals surface area contributed by atoms with Gasteiger partial charge >= 0.3 is 0 Å². The molecule has 29 heavy (non-hydrogen) atoms. The summed E-state index contributed by atoms with van der Waals surface area (Å²) < 4.78 is 10.8. The summed E-state index contributed by atoms with van der Waals surface area (Å²) in [5.41, 5.74) is 1.91. The number of amides is 2. The van der Waals surface area contributed by atoms with Crippen LogP contribution < -0.4 is 14.8 Å². The summed E-state index contributed by atoms with van der Waals surface area (Å²) in [6.45, 7) is 5.43. The molecule has 0 bridgehead atoms. The number of rotatable bonds is 8. The maximum atomic E-state index is 12.7. The largest absolute Gasteiger partial charge is 0.497 e. The smallest absolute Gasteiger partial charge is 0.229 e. The second kappa shape index (κ2) is 9.45. The van der Waals surface area contributed by atoms with Crippen LogP contribution >= 0.6 is 0 Å². The Morgan fingerprint density at radius 3 is 2.52 bits per heavy atom. The van der Waals surface area contributed by atoms with Gasteiger partial charge in [0.25, 0.3) is 0 Å². The number of carbonyl (C=O) groups excluding carboxylic acids is 2. The molecule has 1 aliphatic heterocycles. The molecule has 0 aromatic heterocycles. The van der Waals surface area contributed by atoms with Gasteiger partial charge in [-0.05, 0) is 41.8 Å². The molecule has 2 aromatic carbocycles. The van der Waals surface area contributed by atoms with Gasteiger partial charge in [0.1, 0.15) is 18.1 Å². The zero-order chi connectivity index (χ0) is 20.8. The van der Waals surface area contributed by atoms with Gasteiger partial charge in [-0.15, -0.1) is 0 Å². The topological polar surface area (TPSA) is 67.9 Å². The van der Waals surface area contributed by atoms with Crippen LogP contribution in [0.2, 0.25) is 0 Å². The minimum absolute atomic E-state index is 0.0133. The van der Waals surface area contributed by atoms with E-state index in [1.807, 2.05) is 48.5 Å². The van der Waals surface area contributed by atoms with Crippen LogP contribution in [-0.2, 0) is 9.59 Å². The van der Waals surface area contributed by atoms with Crippen molar-refractivity contribution in [2.24, 2.45) is 5.92 Å². The lowest BCUT2D eigenvalue weighted by Crippen LogP contribution is -2.31. The predicted octanol–water partition coefficient (Wildman–Crippen LogP) is 3.68. The molecule has 1 saturated heterocycles. The number of nitrogens with one attached hydrogen (secondary N) is 1. The highest BCUT2D eigenvalue weighted by atomic mass is 16.5. The van der Waals surface area contributed by atoms with Crippen molar-refractivity contribution >= 4 is 17.5 Å². The Bertz CT molecular complexity index is 848. The molecular formula is C23H28N2O4. The van der Waals surface area contributed by atoms with Gasteiger partial charge in [0.2, 0.25) is 11.8 Å². The summed E-state index contributed by atoms with van der Waals surface area (Å²) in [4.78, 5) is 26.7. The van der Waals surface area contributed by atoms with E-state index in [4.69, 9.17) is 9.47 Å². The molecular weight excluding hydrogens is 368 g/mol. The van der Waals surface area contributed by atoms with Gasteiger partial charge in [-0.25, -0.2) is 0 Å². The molecule has 154 valence electrons. The van der Waals surface area contributed by atoms with E-state index in [0.29, 0.717) is 25.6 Å². The Labute approximate surface area is 171 Å². The van der Waals surface area contributed by atoms with E-state index < -0.39 is 0 Å². The van der Waals surface area contributed by atoms with Gasteiger partial charge in [-0.1, -0.05) is 32.0 Å². The monoisotopic (exact) mass is 396 g/mol. The number of carbonyl (C=O) groups is 2. The van der Waals surface area contributed by atoms with Crippen LogP contribution in [0.1, 0.15) is 31.7 Å². The Kier molecular flexibility index (Phi) is 6.75. The zero-order valence-electron chi connectivity index (χ0n) is 17.2. The third-order valence-electron chi connectivity index (χ3n) is 5.12. The first-order valence-electron chi connectivity index (χ1n) is 9.92. The third-order valence-corrected chi connectivity index (χ3v) is 5.12. The van der Waals surface area contributed by atoms with E-state index in [2.05, 4.69) is 19.2 Å². The second-order valence-electron chi connectivity index (χ2n) is 7.50. The number of likely N-dealkylation sites (tertiary alicyclic amines) is 1. The minimum Gasteiger partial charge on any atom is -0.497 e. The molecule has 3 rings (SSSR count). The lowest BCUT2D eigenvalue weighted by molar-refractivity contribution is -0.128. The van der Waals surface area contributed by atoms with Gasteiger partial charge in [-0.3, -0.25) is 9.59 Å². The molecule has 1 aliphatic rings. The molecule has 1 unspecified atom stereocenters. The Morgan fingerprint density at radius 2 is 1.83 bits per heavy atom. The summed E-state index contributed by atoms with van der Waals surface area (Å²) in [7, 11) is 1.61. The summed E-state index contributed by atoms with van der Waals surface area (Å²) >= 11 is 0. The van der Waals surface area contributed by atoms with Gasteiger partial charge in [0.15, 0.2) is 0 Å². The summed E-state index contributed by atoms with van der Waals surface area (Å²) in [5, 5.41) is 3.01. The van der Waals surface area contributed by atoms with Crippen molar-refractivity contribution in [3.63, 3.8) is 0 Å². The fourth-order valence-corrected chi connectivity index (χ4v) is 3.46. The number of ether oxygens (including phenoxy) is 2. The Balaban J connectivity index is 1.51. The van der Waals surface area contributed by atoms with Crippen LogP contribution in [0.25, 0.3) is 0 Å². The number of para-hydroxylation sites is 1. The maximum Gasteiger partial charge on any atom is 0.229 e. The highest BCUT2D eigenvalue weighted by molar-refractivity contribution is 5.97. The fraction of sp³-hybridized carbons (Fsp3) is 0.391. The van der Waals surface area contributed by atoms with Crippen molar-refractivity contribution in [2.45, 2.75) is 26.2 Å². The molecule has 6 nitrogen and oxygen atoms in total. The molecule has 2 aromatic rings. The molecule has 0 aliphatic carbocycles. The van der Waals surface area contributed by atoms with Crippen LogP contribution in [0.15, 0.2) is 48.5 Å². The lowest BCUT2D eigenvalue weighted by atomic mass is 10.0. The molecule has 1 N–H and O–H groups in total. The van der Waals surface area contributed by atoms with E-state index in [9.17, 15) is 9.59 Å². The van der Waals surface area contributed by atoms with Gasteiger partial charge in [0.05, 0.1) is 19.6 Å². The molecule has 1 atom stereocenters. The van der Waals surface area contributed by atoms with E-state index in [1.165, 1.54) is 0 Å². The van der Waals surface area contributed by atoms with Crippen LogP contribution in [0, 0.1) is 5.92 Å². The van der Waals surface area contributed by atoms with E-state index in [0.717, 1.165) is 22.7 Å². The van der Waals surface area contributed by atoms with Crippen molar-refractivity contribution in [1.29, 1.82) is 0 Å². The third kappa shape index (κ3) is 5.28. The van der Waals surface area contributed by atoms with Gasteiger partial charge in [0, 0.05) is 18.7 Å². The highest BCUT2D eigenvalue weighted by Gasteiger charge is 2.34. The highest BCUT2D eigenvalue weighted by Crippen LogP contribution is 2.26. The molecule has 2 amide bonds.